The molecule has 1 saturated heterocycles. The van der Waals surface area contributed by atoms with Gasteiger partial charge in [-0.3, -0.25) is 9.59 Å². The molecule has 3 rings (SSSR count). The van der Waals surface area contributed by atoms with Gasteiger partial charge in [0.05, 0.1) is 6.61 Å². The van der Waals surface area contributed by atoms with Gasteiger partial charge in [-0.2, -0.15) is 0 Å². The molecule has 0 radical (unpaired) electrons. The molecule has 1 aliphatic carbocycles. The zero-order valence-corrected chi connectivity index (χ0v) is 14.5. The molecule has 0 N–H and O–H groups in total. The van der Waals surface area contributed by atoms with Crippen LogP contribution in [0.3, 0.4) is 0 Å². The highest BCUT2D eigenvalue weighted by Gasteiger charge is 2.55. The number of ether oxygens (including phenoxy) is 1. The van der Waals surface area contributed by atoms with Crippen molar-refractivity contribution in [2.24, 2.45) is 11.3 Å². The first-order valence-electron chi connectivity index (χ1n) is 9.13. The Labute approximate surface area is 144 Å². The summed E-state index contributed by atoms with van der Waals surface area (Å²) in [7, 11) is 0. The van der Waals surface area contributed by atoms with Crippen molar-refractivity contribution in [3.8, 4) is 0 Å². The van der Waals surface area contributed by atoms with Crippen LogP contribution in [0.25, 0.3) is 0 Å². The zero-order valence-electron chi connectivity index (χ0n) is 14.5. The zero-order chi connectivity index (χ0) is 17.0. The minimum absolute atomic E-state index is 0.00799. The first-order chi connectivity index (χ1) is 11.7. The summed E-state index contributed by atoms with van der Waals surface area (Å²) in [4.78, 5) is 27.6. The van der Waals surface area contributed by atoms with Crippen LogP contribution in [0.1, 0.15) is 38.2 Å². The maximum atomic E-state index is 12.8. The third-order valence-corrected chi connectivity index (χ3v) is 5.42. The molecule has 0 unspecified atom stereocenters. The van der Waals surface area contributed by atoms with Crippen molar-refractivity contribution in [2.45, 2.75) is 39.0 Å². The van der Waals surface area contributed by atoms with Crippen LogP contribution in [0.2, 0.25) is 0 Å². The topological polar surface area (TPSA) is 46.6 Å². The quantitative estimate of drug-likeness (QED) is 0.595. The first-order valence-corrected chi connectivity index (χ1v) is 9.13. The lowest BCUT2D eigenvalue weighted by molar-refractivity contribution is -0.170. The van der Waals surface area contributed by atoms with E-state index in [1.165, 1.54) is 5.56 Å². The van der Waals surface area contributed by atoms with Gasteiger partial charge in [0.25, 0.3) is 0 Å². The summed E-state index contributed by atoms with van der Waals surface area (Å²) in [5.41, 5.74) is 0.440. The molecule has 130 valence electrons. The van der Waals surface area contributed by atoms with E-state index >= 15 is 0 Å². The number of esters is 1. The number of likely N-dealkylation sites (tertiary alicyclic amines) is 1. The van der Waals surface area contributed by atoms with E-state index in [0.717, 1.165) is 38.8 Å². The van der Waals surface area contributed by atoms with E-state index < -0.39 is 5.41 Å². The summed E-state index contributed by atoms with van der Waals surface area (Å²) in [6, 6.07) is 10.5. The molecule has 1 heterocycles. The summed E-state index contributed by atoms with van der Waals surface area (Å²) in [6.45, 7) is 4.41. The largest absolute Gasteiger partial charge is 0.465 e. The molecule has 1 aromatic carbocycles. The Hall–Kier alpha value is -1.68. The van der Waals surface area contributed by atoms with Gasteiger partial charge in [-0.15, -0.1) is 0 Å². The maximum absolute atomic E-state index is 12.8. The van der Waals surface area contributed by atoms with Crippen molar-refractivity contribution in [2.75, 3.05) is 26.2 Å². The molecular weight excluding hydrogens is 302 g/mol. The van der Waals surface area contributed by atoms with Crippen LogP contribution in [0, 0.1) is 11.3 Å². The standard InChI is InChI=1S/C20H27NO3/c1-2-24-19(23)20-12-6-11-17(18(20)22)14-21(15-20)13-7-10-16-8-4-3-5-9-16/h3-5,8-9,17H,2,6-7,10-15H2,1H3/t17-,20-/m1/s1. The number of rotatable bonds is 6. The fourth-order valence-corrected chi connectivity index (χ4v) is 4.24. The van der Waals surface area contributed by atoms with E-state index in [4.69, 9.17) is 4.74 Å². The summed E-state index contributed by atoms with van der Waals surface area (Å²) in [6.07, 6.45) is 4.59. The van der Waals surface area contributed by atoms with Gasteiger partial charge < -0.3 is 9.64 Å². The number of carbonyl (C=O) groups excluding carboxylic acids is 2. The Morgan fingerprint density at radius 1 is 1.33 bits per heavy atom. The van der Waals surface area contributed by atoms with Crippen LogP contribution in [0.4, 0.5) is 0 Å². The normalized spacial score (nSPS) is 27.0. The summed E-state index contributed by atoms with van der Waals surface area (Å²) < 4.78 is 5.26. The number of carbonyl (C=O) groups is 2. The van der Waals surface area contributed by atoms with E-state index in [2.05, 4.69) is 29.2 Å². The fourth-order valence-electron chi connectivity index (χ4n) is 4.24. The Morgan fingerprint density at radius 3 is 2.88 bits per heavy atom. The lowest BCUT2D eigenvalue weighted by atomic mass is 9.65. The van der Waals surface area contributed by atoms with Gasteiger partial charge in [-0.1, -0.05) is 36.8 Å². The monoisotopic (exact) mass is 329 g/mol. The third kappa shape index (κ3) is 3.39. The minimum Gasteiger partial charge on any atom is -0.465 e. The number of piperidine rings is 1. The van der Waals surface area contributed by atoms with Gasteiger partial charge in [0.1, 0.15) is 5.41 Å². The van der Waals surface area contributed by atoms with Crippen molar-refractivity contribution in [3.05, 3.63) is 35.9 Å². The fraction of sp³-hybridized carbons (Fsp3) is 0.600. The molecule has 0 amide bonds. The lowest BCUT2D eigenvalue weighted by Gasteiger charge is -2.46. The molecule has 2 bridgehead atoms. The Bertz CT molecular complexity index is 586. The molecule has 2 fully saturated rings. The molecule has 2 aliphatic rings. The average molecular weight is 329 g/mol. The number of hydrogen-bond acceptors (Lipinski definition) is 4. The number of aryl methyl sites for hydroxylation is 1. The predicted molar refractivity (Wildman–Crippen MR) is 92.6 cm³/mol. The van der Waals surface area contributed by atoms with Crippen molar-refractivity contribution < 1.29 is 14.3 Å². The SMILES string of the molecule is CCOC(=O)[C@]12CCC[C@H](CN(CCCc3ccccc3)C1)C2=O. The second-order valence-electron chi connectivity index (χ2n) is 7.08. The average Bonchev–Trinajstić information content (AvgIpc) is 2.57. The van der Waals surface area contributed by atoms with Gasteiger partial charge in [-0.05, 0) is 44.7 Å². The van der Waals surface area contributed by atoms with Crippen molar-refractivity contribution in [1.82, 2.24) is 4.90 Å². The number of hydrogen-bond donors (Lipinski definition) is 0. The summed E-state index contributed by atoms with van der Waals surface area (Å²) in [5.74, 6) is -0.160. The molecular formula is C20H27NO3. The van der Waals surface area contributed by atoms with Crippen molar-refractivity contribution >= 4 is 11.8 Å². The van der Waals surface area contributed by atoms with Crippen molar-refractivity contribution in [1.29, 1.82) is 0 Å². The number of ketones is 1. The van der Waals surface area contributed by atoms with Crippen molar-refractivity contribution in [3.63, 3.8) is 0 Å². The maximum Gasteiger partial charge on any atom is 0.320 e. The highest BCUT2D eigenvalue weighted by Crippen LogP contribution is 2.42. The van der Waals surface area contributed by atoms with Crippen LogP contribution in [0.5, 0.6) is 0 Å². The van der Waals surface area contributed by atoms with Gasteiger partial charge >= 0.3 is 5.97 Å². The van der Waals surface area contributed by atoms with Gasteiger partial charge in [0.2, 0.25) is 0 Å². The van der Waals surface area contributed by atoms with Gasteiger partial charge in [0, 0.05) is 19.0 Å². The van der Waals surface area contributed by atoms with Gasteiger partial charge in [0.15, 0.2) is 5.78 Å². The van der Waals surface area contributed by atoms with Crippen LogP contribution in [-0.2, 0) is 20.7 Å². The molecule has 1 aliphatic heterocycles. The minimum atomic E-state index is -0.899. The van der Waals surface area contributed by atoms with Crippen LogP contribution >= 0.6 is 0 Å². The molecule has 1 saturated carbocycles. The lowest BCUT2D eigenvalue weighted by Crippen LogP contribution is -2.60. The Balaban J connectivity index is 1.63. The second-order valence-corrected chi connectivity index (χ2v) is 7.08. The molecule has 2 atom stereocenters. The van der Waals surface area contributed by atoms with E-state index in [1.54, 1.807) is 6.92 Å². The molecule has 4 nitrogen and oxygen atoms in total. The second kappa shape index (κ2) is 7.47. The summed E-state index contributed by atoms with van der Waals surface area (Å²) in [5, 5.41) is 0. The smallest absolute Gasteiger partial charge is 0.320 e. The third-order valence-electron chi connectivity index (χ3n) is 5.42. The molecule has 0 aromatic heterocycles. The molecule has 1 aromatic rings. The van der Waals surface area contributed by atoms with E-state index in [9.17, 15) is 9.59 Å². The molecule has 0 spiro atoms. The number of benzene rings is 1. The highest BCUT2D eigenvalue weighted by atomic mass is 16.5. The molecule has 24 heavy (non-hydrogen) atoms. The van der Waals surface area contributed by atoms with E-state index in [-0.39, 0.29) is 17.7 Å². The van der Waals surface area contributed by atoms with Gasteiger partial charge in [-0.25, -0.2) is 0 Å². The number of Topliss-reactive ketones (excluding diaryl/α,β-unsaturated/α-hetero) is 1. The molecule has 4 heteroatoms. The Kier molecular flexibility index (Phi) is 5.34. The van der Waals surface area contributed by atoms with Crippen LogP contribution in [0.15, 0.2) is 30.3 Å². The highest BCUT2D eigenvalue weighted by molar-refractivity contribution is 6.06. The Morgan fingerprint density at radius 2 is 2.12 bits per heavy atom. The van der Waals surface area contributed by atoms with Crippen LogP contribution < -0.4 is 0 Å². The number of fused-ring (bicyclic) bond motifs is 2. The predicted octanol–water partition coefficient (Wildman–Crippen LogP) is 2.85. The van der Waals surface area contributed by atoms with E-state index in [1.807, 2.05) is 6.07 Å². The van der Waals surface area contributed by atoms with Crippen LogP contribution in [-0.4, -0.2) is 42.9 Å². The summed E-state index contributed by atoms with van der Waals surface area (Å²) >= 11 is 0. The van der Waals surface area contributed by atoms with E-state index in [0.29, 0.717) is 19.6 Å². The first kappa shape index (κ1) is 17.2. The number of nitrogens with zero attached hydrogens (tertiary/aromatic N) is 1.